The number of amides is 1. The van der Waals surface area contributed by atoms with Crippen LogP contribution >= 0.6 is 0 Å². The molecule has 0 atom stereocenters. The van der Waals surface area contributed by atoms with Gasteiger partial charge in [0.1, 0.15) is 22.7 Å². The highest BCUT2D eigenvalue weighted by molar-refractivity contribution is 6.07. The van der Waals surface area contributed by atoms with Crippen molar-refractivity contribution in [2.24, 2.45) is 0 Å². The van der Waals surface area contributed by atoms with Crippen LogP contribution in [-0.4, -0.2) is 32.3 Å². The summed E-state index contributed by atoms with van der Waals surface area (Å²) in [5, 5.41) is 9.88. The standard InChI is InChI=1S/C22H18N6O/c23-11-13-3-5-14(6-4-13)15-7-8-16-17(10-15)25-22(24)21-20(16)26-18(27-21)12-28-9-1-2-19(28)29/h3-8,10H,1-2,9,12H2,(H2,24,25)(H,26,27). The molecule has 0 bridgehead atoms. The molecule has 1 fully saturated rings. The number of rotatable bonds is 3. The highest BCUT2D eigenvalue weighted by atomic mass is 16.2. The number of H-pyrrole nitrogens is 1. The van der Waals surface area contributed by atoms with Gasteiger partial charge in [0.05, 0.1) is 23.7 Å². The average Bonchev–Trinajstić information content (AvgIpc) is 3.35. The lowest BCUT2D eigenvalue weighted by atomic mass is 10.0. The van der Waals surface area contributed by atoms with Crippen molar-refractivity contribution in [3.8, 4) is 17.2 Å². The van der Waals surface area contributed by atoms with Crippen LogP contribution in [0.3, 0.4) is 0 Å². The summed E-state index contributed by atoms with van der Waals surface area (Å²) in [4.78, 5) is 26.2. The van der Waals surface area contributed by atoms with Crippen molar-refractivity contribution in [3.63, 3.8) is 0 Å². The smallest absolute Gasteiger partial charge is 0.223 e. The Morgan fingerprint density at radius 1 is 1.14 bits per heavy atom. The topological polar surface area (TPSA) is 112 Å². The summed E-state index contributed by atoms with van der Waals surface area (Å²) >= 11 is 0. The Morgan fingerprint density at radius 2 is 1.93 bits per heavy atom. The van der Waals surface area contributed by atoms with Crippen molar-refractivity contribution >= 4 is 33.7 Å². The summed E-state index contributed by atoms with van der Waals surface area (Å²) in [6.07, 6.45) is 1.49. The molecule has 3 N–H and O–H groups in total. The fourth-order valence-electron chi connectivity index (χ4n) is 3.86. The molecule has 5 rings (SSSR count). The van der Waals surface area contributed by atoms with Gasteiger partial charge < -0.3 is 15.6 Å². The van der Waals surface area contributed by atoms with E-state index in [1.807, 2.05) is 35.2 Å². The molecule has 0 unspecified atom stereocenters. The zero-order valence-electron chi connectivity index (χ0n) is 15.6. The van der Waals surface area contributed by atoms with Crippen LogP contribution in [0.2, 0.25) is 0 Å². The molecule has 3 heterocycles. The first-order chi connectivity index (χ1) is 14.1. The normalized spacial score (nSPS) is 14.0. The highest BCUT2D eigenvalue weighted by Gasteiger charge is 2.22. The molecule has 7 nitrogen and oxygen atoms in total. The minimum atomic E-state index is 0.161. The molecular weight excluding hydrogens is 364 g/mol. The number of benzene rings is 2. The number of carbonyl (C=O) groups excluding carboxylic acids is 1. The molecule has 0 saturated carbocycles. The van der Waals surface area contributed by atoms with Gasteiger partial charge in [-0.3, -0.25) is 4.79 Å². The van der Waals surface area contributed by atoms with Crippen molar-refractivity contribution in [1.82, 2.24) is 19.9 Å². The fraction of sp³-hybridized carbons (Fsp3) is 0.182. The number of nitrogens with two attached hydrogens (primary N) is 1. The molecule has 7 heteroatoms. The molecular formula is C22H18N6O. The van der Waals surface area contributed by atoms with Crippen molar-refractivity contribution < 1.29 is 4.79 Å². The average molecular weight is 382 g/mol. The Bertz CT molecular complexity index is 1300. The van der Waals surface area contributed by atoms with E-state index in [2.05, 4.69) is 16.0 Å². The maximum absolute atomic E-state index is 11.9. The van der Waals surface area contributed by atoms with E-state index in [0.717, 1.165) is 40.5 Å². The summed E-state index contributed by atoms with van der Waals surface area (Å²) in [6, 6.07) is 15.5. The Labute approximate surface area is 166 Å². The van der Waals surface area contributed by atoms with E-state index in [1.165, 1.54) is 0 Å². The van der Waals surface area contributed by atoms with Crippen LogP contribution in [-0.2, 0) is 11.3 Å². The number of pyridine rings is 1. The van der Waals surface area contributed by atoms with Crippen molar-refractivity contribution in [2.45, 2.75) is 19.4 Å². The van der Waals surface area contributed by atoms with Crippen LogP contribution in [0.25, 0.3) is 33.1 Å². The maximum Gasteiger partial charge on any atom is 0.223 e. The van der Waals surface area contributed by atoms with Crippen LogP contribution in [0.1, 0.15) is 24.2 Å². The van der Waals surface area contributed by atoms with Gasteiger partial charge in [0.25, 0.3) is 0 Å². The summed E-state index contributed by atoms with van der Waals surface area (Å²) < 4.78 is 0. The molecule has 1 saturated heterocycles. The summed E-state index contributed by atoms with van der Waals surface area (Å²) in [7, 11) is 0. The molecule has 2 aromatic carbocycles. The lowest BCUT2D eigenvalue weighted by Crippen LogP contribution is -2.24. The molecule has 0 aliphatic carbocycles. The number of hydrogen-bond donors (Lipinski definition) is 2. The fourth-order valence-corrected chi connectivity index (χ4v) is 3.86. The number of nitrogens with one attached hydrogen (secondary N) is 1. The highest BCUT2D eigenvalue weighted by Crippen LogP contribution is 2.30. The summed E-state index contributed by atoms with van der Waals surface area (Å²) in [6.45, 7) is 1.22. The Hall–Kier alpha value is -3.92. The molecule has 1 amide bonds. The number of aromatic nitrogens is 3. The molecule has 2 aromatic heterocycles. The lowest BCUT2D eigenvalue weighted by Gasteiger charge is -2.12. The number of fused-ring (bicyclic) bond motifs is 3. The van der Waals surface area contributed by atoms with E-state index in [4.69, 9.17) is 16.0 Å². The van der Waals surface area contributed by atoms with Gasteiger partial charge in [0.2, 0.25) is 5.91 Å². The van der Waals surface area contributed by atoms with Gasteiger partial charge in [-0.15, -0.1) is 0 Å². The largest absolute Gasteiger partial charge is 0.382 e. The van der Waals surface area contributed by atoms with Crippen molar-refractivity contribution in [1.29, 1.82) is 5.26 Å². The van der Waals surface area contributed by atoms with E-state index >= 15 is 0 Å². The quantitative estimate of drug-likeness (QED) is 0.564. The zero-order valence-corrected chi connectivity index (χ0v) is 15.6. The van der Waals surface area contributed by atoms with E-state index in [9.17, 15) is 4.79 Å². The SMILES string of the molecule is N#Cc1ccc(-c2ccc3c(c2)nc(N)c2[nH]c(CN4CCCC4=O)nc23)cc1. The third kappa shape index (κ3) is 2.95. The van der Waals surface area contributed by atoms with Gasteiger partial charge in [0, 0.05) is 18.4 Å². The summed E-state index contributed by atoms with van der Waals surface area (Å²) in [5.74, 6) is 1.26. The van der Waals surface area contributed by atoms with E-state index in [1.54, 1.807) is 12.1 Å². The third-order valence-electron chi connectivity index (χ3n) is 5.36. The number of aromatic amines is 1. The minimum absolute atomic E-state index is 0.161. The Kier molecular flexibility index (Phi) is 3.91. The second-order valence-electron chi connectivity index (χ2n) is 7.24. The molecule has 29 heavy (non-hydrogen) atoms. The summed E-state index contributed by atoms with van der Waals surface area (Å²) in [5.41, 5.74) is 11.0. The van der Waals surface area contributed by atoms with Crippen LogP contribution in [0.15, 0.2) is 42.5 Å². The first-order valence-corrected chi connectivity index (χ1v) is 9.48. The second-order valence-corrected chi connectivity index (χ2v) is 7.24. The van der Waals surface area contributed by atoms with Gasteiger partial charge in [-0.25, -0.2) is 9.97 Å². The monoisotopic (exact) mass is 382 g/mol. The molecule has 1 aliphatic heterocycles. The lowest BCUT2D eigenvalue weighted by molar-refractivity contribution is -0.128. The molecule has 4 aromatic rings. The first-order valence-electron chi connectivity index (χ1n) is 9.48. The predicted octanol–water partition coefficient (Wildman–Crippen LogP) is 3.35. The van der Waals surface area contributed by atoms with Gasteiger partial charge in [-0.2, -0.15) is 5.26 Å². The number of nitrogen functional groups attached to an aromatic ring is 1. The predicted molar refractivity (Wildman–Crippen MR) is 111 cm³/mol. The number of carbonyl (C=O) groups is 1. The van der Waals surface area contributed by atoms with Crippen LogP contribution in [0.5, 0.6) is 0 Å². The van der Waals surface area contributed by atoms with Gasteiger partial charge in [-0.05, 0) is 41.8 Å². The first kappa shape index (κ1) is 17.2. The number of imidazole rings is 1. The zero-order chi connectivity index (χ0) is 20.0. The molecule has 0 spiro atoms. The Balaban J connectivity index is 1.57. The molecule has 1 aliphatic rings. The number of nitriles is 1. The van der Waals surface area contributed by atoms with Crippen LogP contribution in [0.4, 0.5) is 5.82 Å². The van der Waals surface area contributed by atoms with Gasteiger partial charge in [0.15, 0.2) is 0 Å². The third-order valence-corrected chi connectivity index (χ3v) is 5.36. The number of nitrogens with zero attached hydrogens (tertiary/aromatic N) is 4. The Morgan fingerprint density at radius 3 is 2.66 bits per heavy atom. The number of likely N-dealkylation sites (tertiary alicyclic amines) is 1. The second kappa shape index (κ2) is 6.60. The van der Waals surface area contributed by atoms with Gasteiger partial charge in [-0.1, -0.05) is 18.2 Å². The van der Waals surface area contributed by atoms with Gasteiger partial charge >= 0.3 is 0 Å². The van der Waals surface area contributed by atoms with Crippen LogP contribution < -0.4 is 5.73 Å². The van der Waals surface area contributed by atoms with E-state index < -0.39 is 0 Å². The van der Waals surface area contributed by atoms with Crippen molar-refractivity contribution in [3.05, 3.63) is 53.9 Å². The number of anilines is 1. The maximum atomic E-state index is 11.9. The number of hydrogen-bond acceptors (Lipinski definition) is 5. The van der Waals surface area contributed by atoms with E-state index in [0.29, 0.717) is 35.7 Å². The molecule has 142 valence electrons. The van der Waals surface area contributed by atoms with Crippen molar-refractivity contribution in [2.75, 3.05) is 12.3 Å². The minimum Gasteiger partial charge on any atom is -0.382 e. The van der Waals surface area contributed by atoms with Crippen LogP contribution in [0, 0.1) is 11.3 Å². The van der Waals surface area contributed by atoms with E-state index in [-0.39, 0.29) is 5.91 Å². The molecule has 0 radical (unpaired) electrons.